The summed E-state index contributed by atoms with van der Waals surface area (Å²) in [5, 5.41) is 1.40. The molecule has 1 aromatic heterocycles. The van der Waals surface area contributed by atoms with Gasteiger partial charge >= 0.3 is 0 Å². The highest BCUT2D eigenvalue weighted by Crippen LogP contribution is 2.45. The minimum absolute atomic E-state index is 0.266. The largest absolute Gasteiger partial charge is 0.361 e. The minimum atomic E-state index is 0.266. The van der Waals surface area contributed by atoms with Crippen molar-refractivity contribution in [2.75, 3.05) is 6.54 Å². The van der Waals surface area contributed by atoms with Gasteiger partial charge in [0.25, 0.3) is 0 Å². The fourth-order valence-electron chi connectivity index (χ4n) is 6.15. The highest BCUT2D eigenvalue weighted by atomic mass is 16.2. The lowest BCUT2D eigenvalue weighted by Gasteiger charge is -2.47. The molecule has 3 heteroatoms. The number of H-pyrrole nitrogens is 1. The highest BCUT2D eigenvalue weighted by molar-refractivity contribution is 5.89. The molecular formula is C25H34N2O. The Morgan fingerprint density at radius 3 is 2.86 bits per heavy atom. The van der Waals surface area contributed by atoms with Crippen molar-refractivity contribution in [3.05, 3.63) is 35.5 Å². The number of aromatic amines is 1. The molecule has 1 amide bonds. The lowest BCUT2D eigenvalue weighted by atomic mass is 9.72. The van der Waals surface area contributed by atoms with Gasteiger partial charge in [0.05, 0.1) is 0 Å². The number of amides is 1. The van der Waals surface area contributed by atoms with Crippen molar-refractivity contribution in [1.29, 1.82) is 0 Å². The number of benzene rings is 1. The fraction of sp³-hybridized carbons (Fsp3) is 0.640. The van der Waals surface area contributed by atoms with Crippen LogP contribution in [0.3, 0.4) is 0 Å². The predicted octanol–water partition coefficient (Wildman–Crippen LogP) is 5.97. The van der Waals surface area contributed by atoms with Crippen LogP contribution in [0.25, 0.3) is 10.9 Å². The van der Waals surface area contributed by atoms with E-state index in [0.717, 1.165) is 24.3 Å². The number of piperidine rings is 1. The molecule has 2 aliphatic carbocycles. The monoisotopic (exact) mass is 378 g/mol. The number of nitrogens with zero attached hydrogens (tertiary/aromatic N) is 1. The maximum atomic E-state index is 13.3. The molecule has 0 spiro atoms. The summed E-state index contributed by atoms with van der Waals surface area (Å²) in [6.45, 7) is 5.62. The average molecular weight is 379 g/mol. The molecule has 5 rings (SSSR count). The maximum absolute atomic E-state index is 13.3. The van der Waals surface area contributed by atoms with Crippen molar-refractivity contribution in [3.8, 4) is 0 Å². The zero-order valence-electron chi connectivity index (χ0n) is 17.4. The van der Waals surface area contributed by atoms with Crippen LogP contribution in [-0.4, -0.2) is 28.4 Å². The van der Waals surface area contributed by atoms with Crippen LogP contribution in [0.4, 0.5) is 0 Å². The molecule has 2 heterocycles. The standard InChI is InChI=1S/C25H34N2O/c1-16-6-3-10-23-19(16)8-5-13-27(23)24(28)14-17(2)21-15-26-22-9-4-7-20(25(21)22)18-11-12-18/h4,7,9,15-19,23,26H,3,5-6,8,10-14H2,1-2H3. The number of hydrogen-bond donors (Lipinski definition) is 1. The van der Waals surface area contributed by atoms with Crippen LogP contribution in [-0.2, 0) is 4.79 Å². The van der Waals surface area contributed by atoms with Crippen molar-refractivity contribution >= 4 is 16.8 Å². The van der Waals surface area contributed by atoms with Crippen LogP contribution in [0.15, 0.2) is 24.4 Å². The number of nitrogens with one attached hydrogen (secondary N) is 1. The second-order valence-corrected chi connectivity index (χ2v) is 9.76. The molecule has 28 heavy (non-hydrogen) atoms. The Morgan fingerprint density at radius 2 is 2.04 bits per heavy atom. The molecule has 3 aliphatic rings. The van der Waals surface area contributed by atoms with E-state index in [4.69, 9.17) is 0 Å². The van der Waals surface area contributed by atoms with Gasteiger partial charge in [-0.05, 0) is 73.0 Å². The topological polar surface area (TPSA) is 36.1 Å². The van der Waals surface area contributed by atoms with Crippen LogP contribution in [0, 0.1) is 11.8 Å². The van der Waals surface area contributed by atoms with Gasteiger partial charge in [0.15, 0.2) is 0 Å². The van der Waals surface area contributed by atoms with Crippen molar-refractivity contribution in [2.45, 2.75) is 83.1 Å². The summed E-state index contributed by atoms with van der Waals surface area (Å²) < 4.78 is 0. The van der Waals surface area contributed by atoms with Crippen molar-refractivity contribution in [3.63, 3.8) is 0 Å². The van der Waals surface area contributed by atoms with Crippen molar-refractivity contribution < 1.29 is 4.79 Å². The third-order valence-corrected chi connectivity index (χ3v) is 7.84. The molecular weight excluding hydrogens is 344 g/mol. The average Bonchev–Trinajstić information content (AvgIpc) is 3.45. The Bertz CT molecular complexity index is 865. The molecule has 4 atom stereocenters. The first kappa shape index (κ1) is 18.3. The molecule has 1 saturated heterocycles. The van der Waals surface area contributed by atoms with Crippen LogP contribution in [0.1, 0.15) is 88.2 Å². The summed E-state index contributed by atoms with van der Waals surface area (Å²) >= 11 is 0. The molecule has 0 radical (unpaired) electrons. The molecule has 150 valence electrons. The maximum Gasteiger partial charge on any atom is 0.223 e. The van der Waals surface area contributed by atoms with Crippen LogP contribution < -0.4 is 0 Å². The SMILES string of the molecule is CC(CC(=O)N1CCCC2C(C)CCCC21)c1c[nH]c2cccc(C3CC3)c12. The van der Waals surface area contributed by atoms with Crippen LogP contribution in [0.2, 0.25) is 0 Å². The van der Waals surface area contributed by atoms with E-state index >= 15 is 0 Å². The van der Waals surface area contributed by atoms with Gasteiger partial charge in [0.1, 0.15) is 0 Å². The minimum Gasteiger partial charge on any atom is -0.361 e. The Labute approximate surface area is 168 Å². The smallest absolute Gasteiger partial charge is 0.223 e. The Kier molecular flexibility index (Phi) is 4.72. The van der Waals surface area contributed by atoms with Gasteiger partial charge < -0.3 is 9.88 Å². The third-order valence-electron chi connectivity index (χ3n) is 7.84. The Morgan fingerprint density at radius 1 is 1.18 bits per heavy atom. The van der Waals surface area contributed by atoms with Crippen LogP contribution in [0.5, 0.6) is 0 Å². The van der Waals surface area contributed by atoms with E-state index in [1.54, 1.807) is 0 Å². The summed E-state index contributed by atoms with van der Waals surface area (Å²) in [5.74, 6) is 2.89. The molecule has 0 bridgehead atoms. The molecule has 2 aromatic rings. The van der Waals surface area contributed by atoms with E-state index < -0.39 is 0 Å². The summed E-state index contributed by atoms with van der Waals surface area (Å²) in [7, 11) is 0. The number of aromatic nitrogens is 1. The number of likely N-dealkylation sites (tertiary alicyclic amines) is 1. The number of carbonyl (C=O) groups excluding carboxylic acids is 1. The molecule has 2 saturated carbocycles. The van der Waals surface area contributed by atoms with E-state index in [1.165, 1.54) is 67.0 Å². The number of rotatable bonds is 4. The number of hydrogen-bond acceptors (Lipinski definition) is 1. The van der Waals surface area contributed by atoms with Gasteiger partial charge in [-0.25, -0.2) is 0 Å². The lowest BCUT2D eigenvalue weighted by molar-refractivity contribution is -0.138. The molecule has 1 aromatic carbocycles. The first-order chi connectivity index (χ1) is 13.6. The van der Waals surface area contributed by atoms with E-state index in [0.29, 0.717) is 18.4 Å². The normalized spacial score (nSPS) is 28.9. The Balaban J connectivity index is 1.36. The first-order valence-electron chi connectivity index (χ1n) is 11.5. The van der Waals surface area contributed by atoms with Crippen LogP contribution >= 0.6 is 0 Å². The number of fused-ring (bicyclic) bond motifs is 2. The van der Waals surface area contributed by atoms with E-state index in [-0.39, 0.29) is 5.92 Å². The molecule has 1 N–H and O–H groups in total. The third kappa shape index (κ3) is 3.17. The van der Waals surface area contributed by atoms with E-state index in [9.17, 15) is 4.79 Å². The zero-order chi connectivity index (χ0) is 19.3. The summed E-state index contributed by atoms with van der Waals surface area (Å²) in [4.78, 5) is 19.1. The summed E-state index contributed by atoms with van der Waals surface area (Å²) in [5.41, 5.74) is 4.07. The van der Waals surface area contributed by atoms with Gasteiger partial charge in [-0.2, -0.15) is 0 Å². The molecule has 4 unspecified atom stereocenters. The second-order valence-electron chi connectivity index (χ2n) is 9.76. The van der Waals surface area contributed by atoms with Gasteiger partial charge in [0, 0.05) is 36.1 Å². The lowest BCUT2D eigenvalue weighted by Crippen LogP contribution is -2.51. The van der Waals surface area contributed by atoms with Crippen molar-refractivity contribution in [1.82, 2.24) is 9.88 Å². The van der Waals surface area contributed by atoms with E-state index in [1.807, 2.05) is 0 Å². The predicted molar refractivity (Wildman–Crippen MR) is 115 cm³/mol. The number of carbonyl (C=O) groups is 1. The zero-order valence-corrected chi connectivity index (χ0v) is 17.4. The quantitative estimate of drug-likeness (QED) is 0.699. The Hall–Kier alpha value is -1.77. The van der Waals surface area contributed by atoms with Gasteiger partial charge in [0.2, 0.25) is 5.91 Å². The fourth-order valence-corrected chi connectivity index (χ4v) is 6.15. The van der Waals surface area contributed by atoms with Gasteiger partial charge in [-0.15, -0.1) is 0 Å². The summed E-state index contributed by atoms with van der Waals surface area (Å²) in [6.07, 6.45) is 11.8. The van der Waals surface area contributed by atoms with Gasteiger partial charge in [-0.3, -0.25) is 4.79 Å². The highest BCUT2D eigenvalue weighted by Gasteiger charge is 2.39. The molecule has 3 nitrogen and oxygen atoms in total. The van der Waals surface area contributed by atoms with Crippen molar-refractivity contribution in [2.24, 2.45) is 11.8 Å². The summed E-state index contributed by atoms with van der Waals surface area (Å²) in [6, 6.07) is 7.15. The van der Waals surface area contributed by atoms with Gasteiger partial charge in [-0.1, -0.05) is 38.8 Å². The molecule has 1 aliphatic heterocycles. The molecule has 3 fully saturated rings. The van der Waals surface area contributed by atoms with E-state index in [2.05, 4.69) is 48.1 Å². The first-order valence-corrected chi connectivity index (χ1v) is 11.5. The second kappa shape index (κ2) is 7.24.